The Morgan fingerprint density at radius 1 is 1.00 bits per heavy atom. The molecule has 1 amide bonds. The lowest BCUT2D eigenvalue weighted by atomic mass is 10.1. The highest BCUT2D eigenvalue weighted by molar-refractivity contribution is 5.92. The largest absolute Gasteiger partial charge is 0.329 e. The normalized spacial score (nSPS) is 12.2. The number of unbranched alkanes of at least 4 members (excludes halogenated alkanes) is 1. The average Bonchev–Trinajstić information content (AvgIpc) is 2.89. The van der Waals surface area contributed by atoms with E-state index in [4.69, 9.17) is 4.98 Å². The van der Waals surface area contributed by atoms with E-state index in [1.54, 1.807) is 16.7 Å². The van der Waals surface area contributed by atoms with E-state index in [2.05, 4.69) is 6.92 Å². The molecule has 0 aliphatic heterocycles. The van der Waals surface area contributed by atoms with Crippen molar-refractivity contribution in [2.75, 3.05) is 6.54 Å². The van der Waals surface area contributed by atoms with Gasteiger partial charge < -0.3 is 4.90 Å². The van der Waals surface area contributed by atoms with Crippen molar-refractivity contribution in [3.05, 3.63) is 112 Å². The van der Waals surface area contributed by atoms with Gasteiger partial charge in [0.15, 0.2) is 0 Å². The van der Waals surface area contributed by atoms with E-state index < -0.39 is 6.04 Å². The van der Waals surface area contributed by atoms with Crippen molar-refractivity contribution in [3.8, 4) is 5.69 Å². The molecule has 35 heavy (non-hydrogen) atoms. The number of fused-ring (bicyclic) bond motifs is 1. The van der Waals surface area contributed by atoms with Gasteiger partial charge in [-0.2, -0.15) is 0 Å². The highest BCUT2D eigenvalue weighted by atomic mass is 16.2. The number of rotatable bonds is 8. The molecule has 178 valence electrons. The van der Waals surface area contributed by atoms with E-state index in [0.717, 1.165) is 29.7 Å². The Kier molecular flexibility index (Phi) is 7.56. The van der Waals surface area contributed by atoms with Crippen LogP contribution in [0.2, 0.25) is 0 Å². The molecule has 0 fully saturated rings. The molecule has 0 spiro atoms. The number of carbonyl (C=O) groups is 1. The van der Waals surface area contributed by atoms with Crippen LogP contribution in [0.1, 0.15) is 49.7 Å². The second-order valence-electron chi connectivity index (χ2n) is 8.72. The molecule has 4 rings (SSSR count). The van der Waals surface area contributed by atoms with Crippen LogP contribution in [0.4, 0.5) is 0 Å². The van der Waals surface area contributed by atoms with Crippen molar-refractivity contribution >= 4 is 22.9 Å². The monoisotopic (exact) mass is 465 g/mol. The van der Waals surface area contributed by atoms with Gasteiger partial charge in [-0.3, -0.25) is 14.2 Å². The van der Waals surface area contributed by atoms with Gasteiger partial charge in [0.1, 0.15) is 5.82 Å². The molecule has 1 atom stereocenters. The topological polar surface area (TPSA) is 55.2 Å². The molecule has 0 aliphatic carbocycles. The molecule has 0 bridgehead atoms. The standard InChI is InChI=1S/C30H31N3O2/c1-4-5-21-32(28(34)20-19-24-14-7-6-8-15-24)23(3)29-31-26-17-11-10-16-25(26)30(35)33(29)27-18-12-9-13-22(27)2/h6-20,23H,4-5,21H2,1-3H3. The van der Waals surface area contributed by atoms with Crippen molar-refractivity contribution in [3.63, 3.8) is 0 Å². The molecule has 1 aromatic heterocycles. The molecular formula is C30H31N3O2. The number of benzene rings is 3. The minimum atomic E-state index is -0.411. The fourth-order valence-corrected chi connectivity index (χ4v) is 4.27. The van der Waals surface area contributed by atoms with Crippen LogP contribution in [0.15, 0.2) is 89.7 Å². The van der Waals surface area contributed by atoms with Gasteiger partial charge in [-0.05, 0) is 55.7 Å². The summed E-state index contributed by atoms with van der Waals surface area (Å²) in [4.78, 5) is 33.9. The number of hydrogen-bond donors (Lipinski definition) is 0. The summed E-state index contributed by atoms with van der Waals surface area (Å²) in [7, 11) is 0. The summed E-state index contributed by atoms with van der Waals surface area (Å²) in [6, 6.07) is 24.5. The summed E-state index contributed by atoms with van der Waals surface area (Å²) in [5.41, 5.74) is 3.21. The third-order valence-corrected chi connectivity index (χ3v) is 6.25. The van der Waals surface area contributed by atoms with Crippen molar-refractivity contribution < 1.29 is 4.79 Å². The Bertz CT molecular complexity index is 1410. The summed E-state index contributed by atoms with van der Waals surface area (Å²) in [5.74, 6) is 0.453. The molecule has 5 heteroatoms. The molecule has 0 radical (unpaired) electrons. The maximum atomic E-state index is 13.7. The Morgan fingerprint density at radius 3 is 2.43 bits per heavy atom. The Balaban J connectivity index is 1.84. The smallest absolute Gasteiger partial charge is 0.266 e. The number of carbonyl (C=O) groups excluding carboxylic acids is 1. The molecule has 0 saturated carbocycles. The second-order valence-corrected chi connectivity index (χ2v) is 8.72. The van der Waals surface area contributed by atoms with Crippen LogP contribution in [0, 0.1) is 6.92 Å². The molecule has 5 nitrogen and oxygen atoms in total. The summed E-state index contributed by atoms with van der Waals surface area (Å²) < 4.78 is 1.68. The van der Waals surface area contributed by atoms with Crippen LogP contribution in [0.3, 0.4) is 0 Å². The van der Waals surface area contributed by atoms with Gasteiger partial charge in [-0.1, -0.05) is 74.0 Å². The Morgan fingerprint density at radius 2 is 1.69 bits per heavy atom. The first-order valence-electron chi connectivity index (χ1n) is 12.1. The predicted octanol–water partition coefficient (Wildman–Crippen LogP) is 6.10. The second kappa shape index (κ2) is 11.0. The first-order valence-corrected chi connectivity index (χ1v) is 12.1. The number of amides is 1. The van der Waals surface area contributed by atoms with Gasteiger partial charge >= 0.3 is 0 Å². The zero-order valence-corrected chi connectivity index (χ0v) is 20.5. The molecule has 1 heterocycles. The number of aromatic nitrogens is 2. The van der Waals surface area contributed by atoms with Crippen LogP contribution in [-0.2, 0) is 4.79 Å². The lowest BCUT2D eigenvalue weighted by Crippen LogP contribution is -2.37. The molecule has 0 N–H and O–H groups in total. The van der Waals surface area contributed by atoms with Crippen LogP contribution >= 0.6 is 0 Å². The molecular weight excluding hydrogens is 434 g/mol. The minimum Gasteiger partial charge on any atom is -0.329 e. The van der Waals surface area contributed by atoms with E-state index in [1.165, 1.54) is 0 Å². The van der Waals surface area contributed by atoms with E-state index >= 15 is 0 Å². The Labute approximate surface area is 206 Å². The van der Waals surface area contributed by atoms with Gasteiger partial charge in [0.2, 0.25) is 5.91 Å². The van der Waals surface area contributed by atoms with E-state index in [1.807, 2.05) is 97.6 Å². The van der Waals surface area contributed by atoms with Crippen LogP contribution < -0.4 is 5.56 Å². The summed E-state index contributed by atoms with van der Waals surface area (Å²) in [6.07, 6.45) is 5.25. The fraction of sp³-hybridized carbons (Fsp3) is 0.233. The molecule has 3 aromatic carbocycles. The summed E-state index contributed by atoms with van der Waals surface area (Å²) in [5, 5.41) is 0.558. The van der Waals surface area contributed by atoms with Crippen molar-refractivity contribution in [2.24, 2.45) is 0 Å². The van der Waals surface area contributed by atoms with Crippen LogP contribution in [0.5, 0.6) is 0 Å². The van der Waals surface area contributed by atoms with Gasteiger partial charge in [0.25, 0.3) is 5.56 Å². The summed E-state index contributed by atoms with van der Waals surface area (Å²) >= 11 is 0. The SMILES string of the molecule is CCCCN(C(=O)C=Cc1ccccc1)C(C)c1nc2ccccc2c(=O)n1-c1ccccc1C. The zero-order chi connectivity index (χ0) is 24.8. The number of aryl methyl sites for hydroxylation is 1. The predicted molar refractivity (Wildman–Crippen MR) is 143 cm³/mol. The average molecular weight is 466 g/mol. The van der Waals surface area contributed by atoms with Crippen LogP contribution in [0.25, 0.3) is 22.7 Å². The lowest BCUT2D eigenvalue weighted by Gasteiger charge is -2.30. The van der Waals surface area contributed by atoms with Gasteiger partial charge in [0.05, 0.1) is 22.6 Å². The van der Waals surface area contributed by atoms with Crippen LogP contribution in [-0.4, -0.2) is 26.9 Å². The first-order chi connectivity index (χ1) is 17.0. The van der Waals surface area contributed by atoms with Crippen molar-refractivity contribution in [1.29, 1.82) is 0 Å². The molecule has 0 saturated heterocycles. The highest BCUT2D eigenvalue weighted by Gasteiger charge is 2.26. The lowest BCUT2D eigenvalue weighted by molar-refractivity contribution is -0.128. The first kappa shape index (κ1) is 24.1. The quantitative estimate of drug-likeness (QED) is 0.296. The van der Waals surface area contributed by atoms with E-state index in [0.29, 0.717) is 23.3 Å². The van der Waals surface area contributed by atoms with E-state index in [-0.39, 0.29) is 11.5 Å². The van der Waals surface area contributed by atoms with Gasteiger partial charge in [-0.15, -0.1) is 0 Å². The summed E-state index contributed by atoms with van der Waals surface area (Å²) in [6.45, 7) is 6.61. The molecule has 4 aromatic rings. The minimum absolute atomic E-state index is 0.103. The zero-order valence-electron chi connectivity index (χ0n) is 20.5. The third-order valence-electron chi connectivity index (χ3n) is 6.25. The maximum Gasteiger partial charge on any atom is 0.266 e. The van der Waals surface area contributed by atoms with Gasteiger partial charge in [0, 0.05) is 12.6 Å². The van der Waals surface area contributed by atoms with E-state index in [9.17, 15) is 9.59 Å². The molecule has 1 unspecified atom stereocenters. The third kappa shape index (κ3) is 5.24. The highest BCUT2D eigenvalue weighted by Crippen LogP contribution is 2.25. The number of para-hydroxylation sites is 2. The van der Waals surface area contributed by atoms with Crippen molar-refractivity contribution in [2.45, 2.75) is 39.7 Å². The van der Waals surface area contributed by atoms with Gasteiger partial charge in [-0.25, -0.2) is 4.98 Å². The molecule has 0 aliphatic rings. The maximum absolute atomic E-state index is 13.7. The number of nitrogens with zero attached hydrogens (tertiary/aromatic N) is 3. The number of hydrogen-bond acceptors (Lipinski definition) is 3. The van der Waals surface area contributed by atoms with Crippen molar-refractivity contribution in [1.82, 2.24) is 14.5 Å². The Hall–Kier alpha value is -3.99. The fourth-order valence-electron chi connectivity index (χ4n) is 4.27.